The van der Waals surface area contributed by atoms with Crippen molar-refractivity contribution >= 4 is 50.7 Å². The van der Waals surface area contributed by atoms with E-state index >= 15 is 0 Å². The molecule has 2 amide bonds. The minimum absolute atomic E-state index is 0.0713. The number of sulfonamides is 1. The molecule has 0 saturated heterocycles. The van der Waals surface area contributed by atoms with Gasteiger partial charge in [-0.1, -0.05) is 62.2 Å². The van der Waals surface area contributed by atoms with Crippen LogP contribution in [-0.4, -0.2) is 50.5 Å². The maximum atomic E-state index is 13.5. The number of hydrogen-bond acceptors (Lipinski definition) is 4. The molecule has 0 spiro atoms. The van der Waals surface area contributed by atoms with Gasteiger partial charge in [0.1, 0.15) is 6.04 Å². The van der Waals surface area contributed by atoms with E-state index in [2.05, 4.69) is 5.32 Å². The number of carbonyl (C=O) groups is 2. The van der Waals surface area contributed by atoms with Crippen molar-refractivity contribution in [1.82, 2.24) is 10.2 Å². The zero-order valence-corrected chi connectivity index (χ0v) is 24.3. The van der Waals surface area contributed by atoms with Crippen molar-refractivity contribution in [2.45, 2.75) is 65.5 Å². The summed E-state index contributed by atoms with van der Waals surface area (Å²) < 4.78 is 26.3. The van der Waals surface area contributed by atoms with Gasteiger partial charge in [0.15, 0.2) is 0 Å². The second-order valence-corrected chi connectivity index (χ2v) is 11.7. The van der Waals surface area contributed by atoms with Crippen LogP contribution in [0.5, 0.6) is 0 Å². The van der Waals surface area contributed by atoms with E-state index in [9.17, 15) is 18.0 Å². The molecular formula is C27H37Cl2N3O4S. The molecule has 0 aliphatic rings. The lowest BCUT2D eigenvalue weighted by Crippen LogP contribution is -2.49. The van der Waals surface area contributed by atoms with Crippen LogP contribution in [-0.2, 0) is 32.6 Å². The molecular weight excluding hydrogens is 533 g/mol. The fraction of sp³-hybridized carbons (Fsp3) is 0.481. The first kappa shape index (κ1) is 30.9. The van der Waals surface area contributed by atoms with Crippen molar-refractivity contribution in [3.8, 4) is 0 Å². The van der Waals surface area contributed by atoms with E-state index in [0.29, 0.717) is 40.7 Å². The van der Waals surface area contributed by atoms with Crippen molar-refractivity contribution in [2.75, 3.05) is 23.7 Å². The second-order valence-electron chi connectivity index (χ2n) is 8.93. The Labute approximate surface area is 231 Å². The smallest absolute Gasteiger partial charge is 0.242 e. The van der Waals surface area contributed by atoms with E-state index in [1.807, 2.05) is 32.9 Å². The van der Waals surface area contributed by atoms with Crippen LogP contribution in [0.15, 0.2) is 42.5 Å². The van der Waals surface area contributed by atoms with Crippen molar-refractivity contribution < 1.29 is 18.0 Å². The van der Waals surface area contributed by atoms with Gasteiger partial charge in [0.05, 0.1) is 11.9 Å². The number of benzene rings is 2. The maximum Gasteiger partial charge on any atom is 0.242 e. The highest BCUT2D eigenvalue weighted by Crippen LogP contribution is 2.25. The van der Waals surface area contributed by atoms with E-state index in [1.54, 1.807) is 30.3 Å². The molecule has 0 aromatic heterocycles. The lowest BCUT2D eigenvalue weighted by molar-refractivity contribution is -0.141. The van der Waals surface area contributed by atoms with Crippen LogP contribution in [0.2, 0.25) is 10.0 Å². The Balaban J connectivity index is 2.23. The number of amides is 2. The van der Waals surface area contributed by atoms with E-state index in [0.717, 1.165) is 24.7 Å². The summed E-state index contributed by atoms with van der Waals surface area (Å²) in [4.78, 5) is 27.9. The molecule has 2 aromatic rings. The SMILES string of the molecule is CCCNC(=O)C(CC)N(Cc1ccc(Cl)cc1Cl)C(=O)CCCN(c1ccc(CC)cc1)S(C)(=O)=O. The summed E-state index contributed by atoms with van der Waals surface area (Å²) in [6, 6.07) is 11.7. The highest BCUT2D eigenvalue weighted by atomic mass is 35.5. The van der Waals surface area contributed by atoms with Crippen LogP contribution in [0.25, 0.3) is 0 Å². The van der Waals surface area contributed by atoms with Gasteiger partial charge < -0.3 is 10.2 Å². The van der Waals surface area contributed by atoms with Gasteiger partial charge in [-0.3, -0.25) is 13.9 Å². The zero-order chi connectivity index (χ0) is 27.6. The van der Waals surface area contributed by atoms with Crippen LogP contribution >= 0.6 is 23.2 Å². The number of hydrogen-bond donors (Lipinski definition) is 1. The van der Waals surface area contributed by atoms with Gasteiger partial charge in [-0.2, -0.15) is 0 Å². The number of rotatable bonds is 14. The van der Waals surface area contributed by atoms with Crippen LogP contribution in [0.4, 0.5) is 5.69 Å². The Morgan fingerprint density at radius 1 is 1.03 bits per heavy atom. The topological polar surface area (TPSA) is 86.8 Å². The Hall–Kier alpha value is -2.29. The molecule has 7 nitrogen and oxygen atoms in total. The summed E-state index contributed by atoms with van der Waals surface area (Å²) >= 11 is 12.4. The number of halogens is 2. The Morgan fingerprint density at radius 2 is 1.70 bits per heavy atom. The molecule has 204 valence electrons. The van der Waals surface area contributed by atoms with Gasteiger partial charge in [0.25, 0.3) is 0 Å². The van der Waals surface area contributed by atoms with Crippen LogP contribution in [0, 0.1) is 0 Å². The lowest BCUT2D eigenvalue weighted by Gasteiger charge is -2.31. The molecule has 1 unspecified atom stereocenters. The number of carbonyl (C=O) groups excluding carboxylic acids is 2. The molecule has 0 bridgehead atoms. The van der Waals surface area contributed by atoms with Crippen LogP contribution < -0.4 is 9.62 Å². The van der Waals surface area contributed by atoms with Crippen molar-refractivity contribution in [3.63, 3.8) is 0 Å². The molecule has 37 heavy (non-hydrogen) atoms. The van der Waals surface area contributed by atoms with Gasteiger partial charge >= 0.3 is 0 Å². The average molecular weight is 571 g/mol. The molecule has 2 rings (SSSR count). The van der Waals surface area contributed by atoms with Gasteiger partial charge in [0.2, 0.25) is 21.8 Å². The van der Waals surface area contributed by atoms with Crippen LogP contribution in [0.1, 0.15) is 57.6 Å². The van der Waals surface area contributed by atoms with Gasteiger partial charge in [-0.15, -0.1) is 0 Å². The highest BCUT2D eigenvalue weighted by Gasteiger charge is 2.29. The summed E-state index contributed by atoms with van der Waals surface area (Å²) in [5.74, 6) is -0.476. The fourth-order valence-electron chi connectivity index (χ4n) is 4.02. The predicted octanol–water partition coefficient (Wildman–Crippen LogP) is 5.44. The molecule has 0 heterocycles. The van der Waals surface area contributed by atoms with Gasteiger partial charge in [0, 0.05) is 36.1 Å². The third-order valence-electron chi connectivity index (χ3n) is 6.08. The Morgan fingerprint density at radius 3 is 2.24 bits per heavy atom. The highest BCUT2D eigenvalue weighted by molar-refractivity contribution is 7.92. The summed E-state index contributed by atoms with van der Waals surface area (Å²) in [7, 11) is -3.54. The summed E-state index contributed by atoms with van der Waals surface area (Å²) in [6.07, 6.45) is 3.57. The number of nitrogens with one attached hydrogen (secondary N) is 1. The molecule has 0 radical (unpaired) electrons. The number of nitrogens with zero attached hydrogens (tertiary/aromatic N) is 2. The fourth-order valence-corrected chi connectivity index (χ4v) is 5.45. The van der Waals surface area contributed by atoms with Gasteiger partial charge in [-0.25, -0.2) is 8.42 Å². The average Bonchev–Trinajstić information content (AvgIpc) is 2.85. The van der Waals surface area contributed by atoms with Gasteiger partial charge in [-0.05, 0) is 61.1 Å². The first-order valence-corrected chi connectivity index (χ1v) is 15.2. The number of anilines is 1. The first-order valence-electron chi connectivity index (χ1n) is 12.6. The summed E-state index contributed by atoms with van der Waals surface area (Å²) in [5, 5.41) is 3.77. The molecule has 1 atom stereocenters. The molecule has 1 N–H and O–H groups in total. The standard InChI is InChI=1S/C27H37Cl2N3O4S/c1-5-16-30-27(34)25(7-3)31(19-21-12-13-22(28)18-24(21)29)26(33)9-8-17-32(37(4,35)36)23-14-10-20(6-2)11-15-23/h10-15,18,25H,5-9,16-17,19H2,1-4H3,(H,30,34). The zero-order valence-electron chi connectivity index (χ0n) is 22.0. The van der Waals surface area contributed by atoms with Crippen molar-refractivity contribution in [3.05, 3.63) is 63.6 Å². The molecule has 10 heteroatoms. The molecule has 0 aliphatic heterocycles. The van der Waals surface area contributed by atoms with E-state index in [4.69, 9.17) is 23.2 Å². The van der Waals surface area contributed by atoms with Crippen LogP contribution in [0.3, 0.4) is 0 Å². The quantitative estimate of drug-likeness (QED) is 0.328. The maximum absolute atomic E-state index is 13.5. The molecule has 2 aromatic carbocycles. The van der Waals surface area contributed by atoms with Crippen molar-refractivity contribution in [2.24, 2.45) is 0 Å². The Kier molecular flexibility index (Phi) is 12.2. The molecule has 0 fully saturated rings. The van der Waals surface area contributed by atoms with E-state index in [1.165, 1.54) is 9.21 Å². The monoisotopic (exact) mass is 569 g/mol. The summed E-state index contributed by atoms with van der Waals surface area (Å²) in [5.41, 5.74) is 2.34. The van der Waals surface area contributed by atoms with E-state index in [-0.39, 0.29) is 31.3 Å². The van der Waals surface area contributed by atoms with E-state index < -0.39 is 16.1 Å². The first-order chi connectivity index (χ1) is 17.5. The second kappa shape index (κ2) is 14.6. The minimum atomic E-state index is -3.54. The normalized spacial score (nSPS) is 12.2. The summed E-state index contributed by atoms with van der Waals surface area (Å²) in [6.45, 7) is 6.64. The largest absolute Gasteiger partial charge is 0.354 e. The molecule has 0 aliphatic carbocycles. The predicted molar refractivity (Wildman–Crippen MR) is 152 cm³/mol. The Bertz CT molecular complexity index is 1160. The third-order valence-corrected chi connectivity index (χ3v) is 7.86. The van der Waals surface area contributed by atoms with Crippen molar-refractivity contribution in [1.29, 1.82) is 0 Å². The minimum Gasteiger partial charge on any atom is -0.354 e. The lowest BCUT2D eigenvalue weighted by atomic mass is 10.1. The third kappa shape index (κ3) is 9.20. The number of aryl methyl sites for hydroxylation is 1. The molecule has 0 saturated carbocycles.